The maximum absolute atomic E-state index is 3.77. The van der Waals surface area contributed by atoms with E-state index < -0.39 is 0 Å². The molecule has 4 heteroatoms. The van der Waals surface area contributed by atoms with Gasteiger partial charge in [-0.05, 0) is 66.8 Å². The molecule has 0 amide bonds. The van der Waals surface area contributed by atoms with E-state index in [2.05, 4.69) is 71.8 Å². The molecule has 0 aliphatic rings. The minimum atomic E-state index is 0.165. The molecular weight excluding hydrogens is 320 g/mol. The molecule has 0 spiro atoms. The third kappa shape index (κ3) is 3.60. The molecule has 1 unspecified atom stereocenters. The molecule has 1 atom stereocenters. The quantitative estimate of drug-likeness (QED) is 0.735. The van der Waals surface area contributed by atoms with E-state index in [1.54, 1.807) is 11.3 Å². The van der Waals surface area contributed by atoms with E-state index in [4.69, 9.17) is 0 Å². The maximum atomic E-state index is 3.77. The normalized spacial score (nSPS) is 14.1. The van der Waals surface area contributed by atoms with Crippen LogP contribution < -0.4 is 5.32 Å². The third-order valence-corrected chi connectivity index (χ3v) is 5.96. The smallest absolute Gasteiger partial charge is 0.0526 e. The molecule has 1 rings (SSSR count). The van der Waals surface area contributed by atoms with Crippen LogP contribution in [0.15, 0.2) is 15.2 Å². The Labute approximate surface area is 130 Å². The van der Waals surface area contributed by atoms with E-state index in [0.717, 1.165) is 25.8 Å². The van der Waals surface area contributed by atoms with Crippen molar-refractivity contribution in [3.63, 3.8) is 0 Å². The van der Waals surface area contributed by atoms with Crippen LogP contribution in [0.1, 0.15) is 51.6 Å². The molecule has 0 radical (unpaired) electrons. The molecule has 110 valence electrons. The molecule has 19 heavy (non-hydrogen) atoms. The number of hydrogen-bond acceptors (Lipinski definition) is 3. The lowest BCUT2D eigenvalue weighted by Crippen LogP contribution is -2.53. The molecule has 0 saturated carbocycles. The molecule has 1 heterocycles. The molecule has 0 fully saturated rings. The molecule has 2 nitrogen and oxygen atoms in total. The van der Waals surface area contributed by atoms with Crippen molar-refractivity contribution in [1.29, 1.82) is 0 Å². The summed E-state index contributed by atoms with van der Waals surface area (Å²) in [7, 11) is 4.40. The Hall–Kier alpha value is 0.1000. The van der Waals surface area contributed by atoms with Crippen molar-refractivity contribution in [3.05, 3.63) is 20.8 Å². The summed E-state index contributed by atoms with van der Waals surface area (Å²) in [4.78, 5) is 2.39. The summed E-state index contributed by atoms with van der Waals surface area (Å²) in [6, 6.07) is 0.373. The first-order valence-electron chi connectivity index (χ1n) is 7.15. The second-order valence-electron chi connectivity index (χ2n) is 5.27. The summed E-state index contributed by atoms with van der Waals surface area (Å²) in [5.74, 6) is 0. The average molecular weight is 347 g/mol. The molecule has 1 aromatic rings. The molecule has 0 aromatic carbocycles. The van der Waals surface area contributed by atoms with Crippen LogP contribution in [0.4, 0.5) is 0 Å². The lowest BCUT2D eigenvalue weighted by atomic mass is 9.80. The number of hydrogen-bond donors (Lipinski definition) is 1. The van der Waals surface area contributed by atoms with E-state index in [0.29, 0.717) is 6.04 Å². The van der Waals surface area contributed by atoms with Crippen LogP contribution in [-0.4, -0.2) is 31.1 Å². The topological polar surface area (TPSA) is 15.3 Å². The lowest BCUT2D eigenvalue weighted by Gasteiger charge is -2.45. The van der Waals surface area contributed by atoms with Crippen LogP contribution in [0.5, 0.6) is 0 Å². The summed E-state index contributed by atoms with van der Waals surface area (Å²) >= 11 is 5.48. The van der Waals surface area contributed by atoms with E-state index in [-0.39, 0.29) is 5.54 Å². The Kier molecular flexibility index (Phi) is 7.01. The highest BCUT2D eigenvalue weighted by Gasteiger charge is 2.39. The fraction of sp³-hybridized carbons (Fsp3) is 0.733. The zero-order valence-electron chi connectivity index (χ0n) is 12.8. The van der Waals surface area contributed by atoms with Crippen LogP contribution in [0.2, 0.25) is 0 Å². The second kappa shape index (κ2) is 7.77. The first-order valence-corrected chi connectivity index (χ1v) is 8.89. The summed E-state index contributed by atoms with van der Waals surface area (Å²) in [5, 5.41) is 8.23. The summed E-state index contributed by atoms with van der Waals surface area (Å²) in [6.45, 7) is 7.87. The Bertz CT molecular complexity index is 372. The lowest BCUT2D eigenvalue weighted by molar-refractivity contribution is 0.0880. The van der Waals surface area contributed by atoms with Crippen molar-refractivity contribution < 1.29 is 0 Å². The number of nitrogens with zero attached hydrogens (tertiary/aromatic N) is 1. The van der Waals surface area contributed by atoms with Crippen LogP contribution in [-0.2, 0) is 0 Å². The Morgan fingerprint density at radius 3 is 2.26 bits per heavy atom. The molecule has 0 saturated heterocycles. The van der Waals surface area contributed by atoms with Gasteiger partial charge in [-0.1, -0.05) is 20.8 Å². The van der Waals surface area contributed by atoms with Gasteiger partial charge in [-0.3, -0.25) is 0 Å². The van der Waals surface area contributed by atoms with Crippen molar-refractivity contribution in [2.45, 2.75) is 51.6 Å². The fourth-order valence-electron chi connectivity index (χ4n) is 2.92. The Balaban J connectivity index is 3.17. The minimum Gasteiger partial charge on any atom is -0.308 e. The van der Waals surface area contributed by atoms with E-state index in [9.17, 15) is 0 Å². The van der Waals surface area contributed by atoms with Gasteiger partial charge in [0.15, 0.2) is 0 Å². The number of thiophene rings is 1. The van der Waals surface area contributed by atoms with Gasteiger partial charge >= 0.3 is 0 Å². The second-order valence-corrected chi connectivity index (χ2v) is 6.87. The largest absolute Gasteiger partial charge is 0.308 e. The van der Waals surface area contributed by atoms with Crippen LogP contribution in [0.3, 0.4) is 0 Å². The van der Waals surface area contributed by atoms with Crippen molar-refractivity contribution in [3.8, 4) is 0 Å². The summed E-state index contributed by atoms with van der Waals surface area (Å²) in [5.41, 5.74) is 1.56. The standard InChI is InChI=1S/C15H27BrN2S/c1-6-9-17-14(12-10-19-11-13(12)16)15(7-2,8-3)18(4)5/h10-11,14,17H,6-9H2,1-5H3. The third-order valence-electron chi connectivity index (χ3n) is 4.20. The van der Waals surface area contributed by atoms with Crippen LogP contribution >= 0.6 is 27.3 Å². The van der Waals surface area contributed by atoms with Gasteiger partial charge < -0.3 is 10.2 Å². The SMILES string of the molecule is CCCNC(c1cscc1Br)C(CC)(CC)N(C)C. The maximum Gasteiger partial charge on any atom is 0.0526 e. The molecule has 0 aliphatic heterocycles. The van der Waals surface area contributed by atoms with Gasteiger partial charge in [-0.2, -0.15) is 11.3 Å². The molecule has 1 N–H and O–H groups in total. The highest BCUT2D eigenvalue weighted by Crippen LogP contribution is 2.40. The number of rotatable bonds is 8. The number of nitrogens with one attached hydrogen (secondary N) is 1. The predicted molar refractivity (Wildman–Crippen MR) is 90.1 cm³/mol. The first kappa shape index (κ1) is 17.2. The summed E-state index contributed by atoms with van der Waals surface area (Å²) in [6.07, 6.45) is 3.44. The predicted octanol–water partition coefficient (Wildman–Crippen LogP) is 4.67. The van der Waals surface area contributed by atoms with Gasteiger partial charge in [0.05, 0.1) is 6.04 Å². The van der Waals surface area contributed by atoms with E-state index in [1.165, 1.54) is 10.0 Å². The van der Waals surface area contributed by atoms with Crippen molar-refractivity contribution in [2.24, 2.45) is 0 Å². The number of likely N-dealkylation sites (N-methyl/N-ethyl adjacent to an activating group) is 1. The number of halogens is 1. The van der Waals surface area contributed by atoms with Gasteiger partial charge in [0.1, 0.15) is 0 Å². The Morgan fingerprint density at radius 1 is 1.26 bits per heavy atom. The van der Waals surface area contributed by atoms with Gasteiger partial charge in [0, 0.05) is 15.4 Å². The Morgan fingerprint density at radius 2 is 1.89 bits per heavy atom. The highest BCUT2D eigenvalue weighted by molar-refractivity contribution is 9.10. The zero-order chi connectivity index (χ0) is 14.5. The molecule has 0 aliphatic carbocycles. The van der Waals surface area contributed by atoms with Gasteiger partial charge in [-0.25, -0.2) is 0 Å². The average Bonchev–Trinajstić information content (AvgIpc) is 2.80. The highest BCUT2D eigenvalue weighted by atomic mass is 79.9. The van der Waals surface area contributed by atoms with Crippen molar-refractivity contribution >= 4 is 27.3 Å². The molecule has 0 bridgehead atoms. The molecular formula is C15H27BrN2S. The molecule has 1 aromatic heterocycles. The van der Waals surface area contributed by atoms with Gasteiger partial charge in [-0.15, -0.1) is 0 Å². The first-order chi connectivity index (χ1) is 9.03. The van der Waals surface area contributed by atoms with Crippen molar-refractivity contribution in [2.75, 3.05) is 20.6 Å². The van der Waals surface area contributed by atoms with Gasteiger partial charge in [0.25, 0.3) is 0 Å². The van der Waals surface area contributed by atoms with Crippen LogP contribution in [0, 0.1) is 0 Å². The monoisotopic (exact) mass is 346 g/mol. The van der Waals surface area contributed by atoms with Gasteiger partial charge in [0.2, 0.25) is 0 Å². The minimum absolute atomic E-state index is 0.165. The summed E-state index contributed by atoms with van der Waals surface area (Å²) < 4.78 is 1.24. The van der Waals surface area contributed by atoms with E-state index >= 15 is 0 Å². The fourth-order valence-corrected chi connectivity index (χ4v) is 4.48. The van der Waals surface area contributed by atoms with Crippen molar-refractivity contribution in [1.82, 2.24) is 10.2 Å². The van der Waals surface area contributed by atoms with E-state index in [1.807, 2.05) is 0 Å². The van der Waals surface area contributed by atoms with Crippen LogP contribution in [0.25, 0.3) is 0 Å². The zero-order valence-corrected chi connectivity index (χ0v) is 15.2.